The molecule has 1 aliphatic carbocycles. The molecule has 97 heavy (non-hydrogen) atoms. The molecule has 14 heteroatoms. The van der Waals surface area contributed by atoms with Crippen LogP contribution < -0.4 is 0 Å². The molecule has 0 saturated carbocycles. The lowest BCUT2D eigenvalue weighted by molar-refractivity contribution is -0.464. The van der Waals surface area contributed by atoms with E-state index in [-0.39, 0.29) is 81.6 Å². The number of hydrogen-bond donors (Lipinski definition) is 8. The van der Waals surface area contributed by atoms with Crippen LogP contribution >= 0.6 is 17.2 Å². The van der Waals surface area contributed by atoms with Gasteiger partial charge in [0, 0.05) is 28.2 Å². The van der Waals surface area contributed by atoms with Gasteiger partial charge in [0.1, 0.15) is 11.7 Å². The molecule has 2 saturated heterocycles. The zero-order valence-corrected chi connectivity index (χ0v) is 67.8. The average Bonchev–Trinajstić information content (AvgIpc) is 0.646. The van der Waals surface area contributed by atoms with E-state index in [4.69, 9.17) is 43.6 Å². The van der Waals surface area contributed by atoms with E-state index in [1.165, 1.54) is 83.5 Å². The molecular formula is C83H134O12P2. The molecule has 0 amide bonds. The minimum absolute atomic E-state index is 0.0633. The summed E-state index contributed by atoms with van der Waals surface area (Å²) in [6, 6.07) is 20.8. The van der Waals surface area contributed by atoms with Crippen LogP contribution in [0.25, 0.3) is 0 Å². The predicted molar refractivity (Wildman–Crippen MR) is 402 cm³/mol. The molecule has 0 radical (unpaired) electrons. The van der Waals surface area contributed by atoms with Gasteiger partial charge in [0.15, 0.2) is 6.29 Å². The Kier molecular flexibility index (Phi) is 24.9. The first-order valence-corrected chi connectivity index (χ1v) is 39.1. The second kappa shape index (κ2) is 29.1. The van der Waals surface area contributed by atoms with E-state index in [2.05, 4.69) is 256 Å². The van der Waals surface area contributed by atoms with Gasteiger partial charge >= 0.3 is 17.2 Å². The highest BCUT2D eigenvalue weighted by molar-refractivity contribution is 7.38. The van der Waals surface area contributed by atoms with Crippen LogP contribution in [0.2, 0.25) is 0 Å². The first-order valence-electron chi connectivity index (χ1n) is 36.7. The van der Waals surface area contributed by atoms with Gasteiger partial charge in [-0.05, 0) is 178 Å². The van der Waals surface area contributed by atoms with Crippen LogP contribution in [0.3, 0.4) is 0 Å². The van der Waals surface area contributed by atoms with E-state index in [0.29, 0.717) is 0 Å². The number of aliphatic hydroxyl groups is 2. The lowest BCUT2D eigenvalue weighted by Gasteiger charge is -2.69. The van der Waals surface area contributed by atoms with Crippen molar-refractivity contribution in [1.82, 2.24) is 0 Å². The predicted octanol–water partition coefficient (Wildman–Crippen LogP) is 19.8. The van der Waals surface area contributed by atoms with E-state index in [0.717, 1.165) is 56.9 Å². The quantitative estimate of drug-likeness (QED) is 0.0390. The van der Waals surface area contributed by atoms with Gasteiger partial charge in [0.25, 0.3) is 0 Å². The van der Waals surface area contributed by atoms with Crippen molar-refractivity contribution in [2.24, 2.45) is 16.2 Å². The maximum absolute atomic E-state index is 13.0. The topological polar surface area (TPSA) is 199 Å². The van der Waals surface area contributed by atoms with Crippen molar-refractivity contribution in [1.29, 1.82) is 0 Å². The molecule has 4 aromatic carbocycles. The fraction of sp³-hybridized carbons (Fsp3) is 0.711. The van der Waals surface area contributed by atoms with E-state index in [9.17, 15) is 14.9 Å². The molecule has 2 fully saturated rings. The van der Waals surface area contributed by atoms with Gasteiger partial charge in [-0.2, -0.15) is 0 Å². The molecule has 4 aliphatic rings. The summed E-state index contributed by atoms with van der Waals surface area (Å²) in [5, 5.41) is 24.4. The van der Waals surface area contributed by atoms with Crippen molar-refractivity contribution < 1.29 is 58.5 Å². The van der Waals surface area contributed by atoms with Gasteiger partial charge in [0.2, 0.25) is 5.79 Å². The van der Waals surface area contributed by atoms with Crippen molar-refractivity contribution in [2.45, 2.75) is 338 Å². The van der Waals surface area contributed by atoms with Crippen molar-refractivity contribution in [2.75, 3.05) is 26.4 Å². The minimum Gasteiger partial charge on any atom is -0.396 e. The monoisotopic (exact) mass is 1380 g/mol. The van der Waals surface area contributed by atoms with Crippen LogP contribution in [0.5, 0.6) is 0 Å². The van der Waals surface area contributed by atoms with Gasteiger partial charge < -0.3 is 58.5 Å². The highest BCUT2D eigenvalue weighted by atomic mass is 31.2. The number of fused-ring (bicyclic) bond motifs is 12. The zero-order chi connectivity index (χ0) is 74.2. The Morgan fingerprint density at radius 3 is 0.979 bits per heavy atom. The molecule has 12 nitrogen and oxygen atoms in total. The highest BCUT2D eigenvalue weighted by Crippen LogP contribution is 2.75. The van der Waals surface area contributed by atoms with Gasteiger partial charge in [0.05, 0.1) is 31.8 Å². The summed E-state index contributed by atoms with van der Waals surface area (Å²) in [4.78, 5) is 43.4. The summed E-state index contributed by atoms with van der Waals surface area (Å²) in [5.74, 6) is -1.87. The fourth-order valence-electron chi connectivity index (χ4n) is 15.3. The molecule has 8 rings (SSSR count). The van der Waals surface area contributed by atoms with E-state index >= 15 is 0 Å². The van der Waals surface area contributed by atoms with Gasteiger partial charge in [-0.25, -0.2) is 0 Å². The lowest BCUT2D eigenvalue weighted by atomic mass is 9.49. The molecule has 2 bridgehead atoms. The maximum Gasteiger partial charge on any atom is 0.324 e. The Morgan fingerprint density at radius 1 is 0.392 bits per heavy atom. The molecule has 0 aromatic heterocycles. The molecule has 3 atom stereocenters. The van der Waals surface area contributed by atoms with Crippen molar-refractivity contribution >= 4 is 17.2 Å². The highest BCUT2D eigenvalue weighted by Gasteiger charge is 2.76. The van der Waals surface area contributed by atoms with Crippen molar-refractivity contribution in [3.63, 3.8) is 0 Å². The Bertz CT molecular complexity index is 3280. The third kappa shape index (κ3) is 14.6. The molecule has 3 aliphatic heterocycles. The van der Waals surface area contributed by atoms with Crippen molar-refractivity contribution in [3.05, 3.63) is 138 Å². The van der Waals surface area contributed by atoms with Gasteiger partial charge in [-0.3, -0.25) is 0 Å². The summed E-state index contributed by atoms with van der Waals surface area (Å²) >= 11 is 0. The van der Waals surface area contributed by atoms with Crippen LogP contribution in [-0.4, -0.2) is 72.3 Å². The van der Waals surface area contributed by atoms with Gasteiger partial charge in [-0.15, -0.1) is 0 Å². The summed E-state index contributed by atoms with van der Waals surface area (Å²) in [5.41, 5.74) is 13.4. The summed E-state index contributed by atoms with van der Waals surface area (Å²) < 4.78 is 34.2. The summed E-state index contributed by atoms with van der Waals surface area (Å²) in [7, 11) is -5.24. The number of hydrogen-bond acceptors (Lipinski definition) is 12. The first kappa shape index (κ1) is 83.2. The summed E-state index contributed by atoms with van der Waals surface area (Å²) in [6.45, 7) is 71.5. The largest absolute Gasteiger partial charge is 0.396 e. The van der Waals surface area contributed by atoms with Crippen LogP contribution in [0.15, 0.2) is 48.5 Å². The van der Waals surface area contributed by atoms with Crippen molar-refractivity contribution in [3.8, 4) is 0 Å². The van der Waals surface area contributed by atoms with Crippen LogP contribution in [0.1, 0.15) is 366 Å². The molecular weight excluding hydrogens is 1250 g/mol. The smallest absolute Gasteiger partial charge is 0.324 e. The Morgan fingerprint density at radius 2 is 0.670 bits per heavy atom. The summed E-state index contributed by atoms with van der Waals surface area (Å²) in [6.07, 6.45) is 5.87. The second-order valence-electron chi connectivity index (χ2n) is 36.1. The molecule has 548 valence electrons. The lowest BCUT2D eigenvalue weighted by Crippen LogP contribution is -2.72. The average molecular weight is 1390 g/mol. The Balaban J connectivity index is 0.00000176. The zero-order valence-electron chi connectivity index (χ0n) is 66.0. The van der Waals surface area contributed by atoms with Crippen LogP contribution in [0, 0.1) is 16.2 Å². The van der Waals surface area contributed by atoms with E-state index in [1.54, 1.807) is 0 Å². The molecule has 3 heterocycles. The number of rotatable bonds is 20. The third-order valence-electron chi connectivity index (χ3n) is 26.1. The normalized spacial score (nSPS) is 23.4. The standard InChI is InChI=1S/C83H128O6.2H3O3P/c1-31-71(11,12)53-39-57-51(9)60-42-56(74(17,18)34-4)46-64(78(25,26)38-8)68(60)83(80(29,30)48-85)88-69(65(57)61(43-53)75(19,20)35-5)81(49-86-70(87-50-81)79(27,28)47-84)82(89-83)66-58(40-54(72(13,14)32-2)44-62(66)76(21,22)36-6)52(10)59-41-55(73(15,16)33-3)45-63(67(59)82)77(23,24)37-7;2*1-4(2)3/h39-46,51-52,69-70,84-85H,31-38,47-50H2,1-30H3;2*1-3H. The number of aliphatic hydroxyl groups excluding tert-OH is 2. The molecule has 3 unspecified atom stereocenters. The molecule has 4 aromatic rings. The van der Waals surface area contributed by atoms with E-state index < -0.39 is 57.2 Å². The Labute approximate surface area is 590 Å². The van der Waals surface area contributed by atoms with E-state index in [1.807, 2.05) is 0 Å². The van der Waals surface area contributed by atoms with Gasteiger partial charge in [-0.1, -0.05) is 256 Å². The molecule has 8 N–H and O–H groups in total. The van der Waals surface area contributed by atoms with Crippen LogP contribution in [-0.2, 0) is 73.7 Å². The minimum atomic E-state index is -2.62. The first-order chi connectivity index (χ1) is 44.3. The number of benzene rings is 4. The third-order valence-corrected chi connectivity index (χ3v) is 26.1. The van der Waals surface area contributed by atoms with Crippen LogP contribution in [0.4, 0.5) is 0 Å². The fourth-order valence-corrected chi connectivity index (χ4v) is 15.3. The Hall–Kier alpha value is -2.74. The number of ether oxygens (including phenoxy) is 4. The SMILES string of the molecule is CCC(C)(C)c1cc2c(c(C(C)(C)CC)c1)C1OC(C(C)(C)CO)(OC3(c4c(cc(C(C)(C)CC)cc4C(C)(C)CC)C(C)c4cc(C(C)(C)CC)cc(C(C)(C)CC)c43)C13COC(C(C)(C)CO)OC3)c1c(cc(C(C)(C)CC)cc1C(C)(C)CC)C2C.OP(O)O.OP(O)O. The maximum atomic E-state index is 13.0. The molecule has 2 spiro atoms. The second-order valence-corrected chi connectivity index (χ2v) is 37.1.